The molecule has 0 spiro atoms. The van der Waals surface area contributed by atoms with Crippen LogP contribution in [0.5, 0.6) is 0 Å². The molecule has 1 fully saturated rings. The third-order valence-electron chi connectivity index (χ3n) is 2.35. The van der Waals surface area contributed by atoms with Crippen molar-refractivity contribution < 1.29 is 0 Å². The van der Waals surface area contributed by atoms with Crippen LogP contribution in [0.3, 0.4) is 0 Å². The van der Waals surface area contributed by atoms with Gasteiger partial charge in [-0.3, -0.25) is 0 Å². The van der Waals surface area contributed by atoms with E-state index in [0.29, 0.717) is 0 Å². The number of piperazine rings is 1. The molecule has 1 aliphatic rings. The normalized spacial score (nSPS) is 16.8. The third kappa shape index (κ3) is 1.93. The number of aromatic nitrogens is 2. The molecular formula is C9H15N5. The first-order valence-electron chi connectivity index (χ1n) is 4.87. The van der Waals surface area contributed by atoms with Gasteiger partial charge in [0, 0.05) is 33.2 Å². The summed E-state index contributed by atoms with van der Waals surface area (Å²) < 4.78 is 0. The molecule has 0 aliphatic carbocycles. The first-order chi connectivity index (χ1) is 6.90. The van der Waals surface area contributed by atoms with Crippen LogP contribution in [-0.4, -0.2) is 43.4 Å². The standard InChI is InChI=1S/C9H15N5/c1-10-8-2-3-9(13-12-8)14-6-4-11-5-7-14/h2-3,11H,4-7H2,1H3,(H,10,12). The van der Waals surface area contributed by atoms with E-state index in [-0.39, 0.29) is 0 Å². The fourth-order valence-electron chi connectivity index (χ4n) is 1.52. The Morgan fingerprint density at radius 3 is 2.64 bits per heavy atom. The summed E-state index contributed by atoms with van der Waals surface area (Å²) in [5.74, 6) is 1.77. The second-order valence-electron chi connectivity index (χ2n) is 3.26. The van der Waals surface area contributed by atoms with Crippen LogP contribution in [0, 0.1) is 0 Å². The molecule has 2 rings (SSSR count). The number of anilines is 2. The first kappa shape index (κ1) is 9.21. The number of hydrogen-bond acceptors (Lipinski definition) is 5. The van der Waals surface area contributed by atoms with Gasteiger partial charge < -0.3 is 15.5 Å². The SMILES string of the molecule is CNc1ccc(N2CCNCC2)nn1. The summed E-state index contributed by atoms with van der Waals surface area (Å²) in [7, 11) is 1.84. The molecule has 0 unspecified atom stereocenters. The minimum absolute atomic E-state index is 0.809. The average Bonchev–Trinajstić information content (AvgIpc) is 2.30. The minimum Gasteiger partial charge on any atom is -0.372 e. The maximum atomic E-state index is 4.16. The molecule has 2 heterocycles. The van der Waals surface area contributed by atoms with Crippen molar-refractivity contribution in [3.63, 3.8) is 0 Å². The molecule has 1 aromatic heterocycles. The number of nitrogens with zero attached hydrogens (tertiary/aromatic N) is 3. The average molecular weight is 193 g/mol. The van der Waals surface area contributed by atoms with E-state index in [1.54, 1.807) is 0 Å². The van der Waals surface area contributed by atoms with Crippen LogP contribution in [0.2, 0.25) is 0 Å². The van der Waals surface area contributed by atoms with Crippen LogP contribution in [0.1, 0.15) is 0 Å². The molecule has 5 heteroatoms. The molecule has 0 atom stereocenters. The predicted molar refractivity (Wildman–Crippen MR) is 56.7 cm³/mol. The van der Waals surface area contributed by atoms with Crippen molar-refractivity contribution in [3.05, 3.63) is 12.1 Å². The van der Waals surface area contributed by atoms with Crippen molar-refractivity contribution in [2.24, 2.45) is 0 Å². The Balaban J connectivity index is 2.07. The lowest BCUT2D eigenvalue weighted by atomic mass is 10.3. The van der Waals surface area contributed by atoms with E-state index < -0.39 is 0 Å². The largest absolute Gasteiger partial charge is 0.372 e. The third-order valence-corrected chi connectivity index (χ3v) is 2.35. The highest BCUT2D eigenvalue weighted by molar-refractivity contribution is 5.43. The van der Waals surface area contributed by atoms with Crippen LogP contribution < -0.4 is 15.5 Å². The van der Waals surface area contributed by atoms with Crippen LogP contribution in [0.4, 0.5) is 11.6 Å². The number of rotatable bonds is 2. The van der Waals surface area contributed by atoms with Crippen molar-refractivity contribution in [3.8, 4) is 0 Å². The summed E-state index contributed by atoms with van der Waals surface area (Å²) in [6.07, 6.45) is 0. The molecule has 0 saturated carbocycles. The Labute approximate surface area is 83.5 Å². The summed E-state index contributed by atoms with van der Waals surface area (Å²) in [6, 6.07) is 3.95. The van der Waals surface area contributed by atoms with Gasteiger partial charge in [-0.05, 0) is 12.1 Å². The minimum atomic E-state index is 0.809. The van der Waals surface area contributed by atoms with Gasteiger partial charge in [0.25, 0.3) is 0 Å². The second-order valence-corrected chi connectivity index (χ2v) is 3.26. The predicted octanol–water partition coefficient (Wildman–Crippen LogP) is -0.0721. The highest BCUT2D eigenvalue weighted by Gasteiger charge is 2.11. The van der Waals surface area contributed by atoms with Gasteiger partial charge in [-0.1, -0.05) is 0 Å². The van der Waals surface area contributed by atoms with Gasteiger partial charge in [0.1, 0.15) is 5.82 Å². The maximum absolute atomic E-state index is 4.16. The van der Waals surface area contributed by atoms with E-state index in [1.165, 1.54) is 0 Å². The Bertz CT molecular complexity index is 278. The quantitative estimate of drug-likeness (QED) is 0.688. The Morgan fingerprint density at radius 1 is 1.29 bits per heavy atom. The fourth-order valence-corrected chi connectivity index (χ4v) is 1.52. The summed E-state index contributed by atoms with van der Waals surface area (Å²) in [6.45, 7) is 4.06. The zero-order chi connectivity index (χ0) is 9.80. The Hall–Kier alpha value is -1.36. The molecule has 0 amide bonds. The van der Waals surface area contributed by atoms with Gasteiger partial charge in [0.05, 0.1) is 0 Å². The highest BCUT2D eigenvalue weighted by Crippen LogP contribution is 2.11. The molecule has 5 nitrogen and oxygen atoms in total. The monoisotopic (exact) mass is 193 g/mol. The molecule has 1 aliphatic heterocycles. The Kier molecular flexibility index (Phi) is 2.78. The first-order valence-corrected chi connectivity index (χ1v) is 4.87. The van der Waals surface area contributed by atoms with Gasteiger partial charge >= 0.3 is 0 Å². The molecule has 0 aromatic carbocycles. The van der Waals surface area contributed by atoms with Crippen molar-refractivity contribution >= 4 is 11.6 Å². The lowest BCUT2D eigenvalue weighted by Crippen LogP contribution is -2.43. The topological polar surface area (TPSA) is 53.1 Å². The fraction of sp³-hybridized carbons (Fsp3) is 0.556. The highest BCUT2D eigenvalue weighted by atomic mass is 15.3. The molecule has 1 aromatic rings. The smallest absolute Gasteiger partial charge is 0.151 e. The summed E-state index contributed by atoms with van der Waals surface area (Å²) in [5.41, 5.74) is 0. The summed E-state index contributed by atoms with van der Waals surface area (Å²) >= 11 is 0. The summed E-state index contributed by atoms with van der Waals surface area (Å²) in [5, 5.41) is 14.5. The van der Waals surface area contributed by atoms with E-state index in [4.69, 9.17) is 0 Å². The van der Waals surface area contributed by atoms with Crippen molar-refractivity contribution in [2.45, 2.75) is 0 Å². The van der Waals surface area contributed by atoms with Crippen LogP contribution >= 0.6 is 0 Å². The molecule has 76 valence electrons. The van der Waals surface area contributed by atoms with Gasteiger partial charge in [-0.25, -0.2) is 0 Å². The molecule has 1 saturated heterocycles. The van der Waals surface area contributed by atoms with Crippen LogP contribution in [0.15, 0.2) is 12.1 Å². The van der Waals surface area contributed by atoms with E-state index in [0.717, 1.165) is 37.8 Å². The zero-order valence-electron chi connectivity index (χ0n) is 8.32. The van der Waals surface area contributed by atoms with Crippen LogP contribution in [-0.2, 0) is 0 Å². The van der Waals surface area contributed by atoms with E-state index in [2.05, 4.69) is 25.7 Å². The molecular weight excluding hydrogens is 178 g/mol. The van der Waals surface area contributed by atoms with E-state index in [9.17, 15) is 0 Å². The Morgan fingerprint density at radius 2 is 2.07 bits per heavy atom. The maximum Gasteiger partial charge on any atom is 0.151 e. The molecule has 14 heavy (non-hydrogen) atoms. The molecule has 0 radical (unpaired) electrons. The van der Waals surface area contributed by atoms with Gasteiger partial charge in [0.2, 0.25) is 0 Å². The van der Waals surface area contributed by atoms with Crippen molar-refractivity contribution in [1.29, 1.82) is 0 Å². The summed E-state index contributed by atoms with van der Waals surface area (Å²) in [4.78, 5) is 2.24. The van der Waals surface area contributed by atoms with E-state index >= 15 is 0 Å². The van der Waals surface area contributed by atoms with E-state index in [1.807, 2.05) is 19.2 Å². The second kappa shape index (κ2) is 4.23. The van der Waals surface area contributed by atoms with Gasteiger partial charge in [0.15, 0.2) is 5.82 Å². The number of hydrogen-bond donors (Lipinski definition) is 2. The van der Waals surface area contributed by atoms with Crippen molar-refractivity contribution in [2.75, 3.05) is 43.4 Å². The van der Waals surface area contributed by atoms with Crippen LogP contribution in [0.25, 0.3) is 0 Å². The molecule has 2 N–H and O–H groups in total. The van der Waals surface area contributed by atoms with Gasteiger partial charge in [-0.15, -0.1) is 10.2 Å². The number of nitrogens with one attached hydrogen (secondary N) is 2. The zero-order valence-corrected chi connectivity index (χ0v) is 8.32. The lowest BCUT2D eigenvalue weighted by Gasteiger charge is -2.27. The van der Waals surface area contributed by atoms with Crippen molar-refractivity contribution in [1.82, 2.24) is 15.5 Å². The van der Waals surface area contributed by atoms with Gasteiger partial charge in [-0.2, -0.15) is 0 Å². The lowest BCUT2D eigenvalue weighted by molar-refractivity contribution is 0.583. The molecule has 0 bridgehead atoms.